The van der Waals surface area contributed by atoms with Gasteiger partial charge in [-0.2, -0.15) is 5.26 Å². The number of aromatic nitrogens is 3. The van der Waals surface area contributed by atoms with E-state index in [0.717, 1.165) is 11.1 Å². The van der Waals surface area contributed by atoms with E-state index in [0.29, 0.717) is 28.1 Å². The molecule has 4 nitrogen and oxygen atoms in total. The van der Waals surface area contributed by atoms with Crippen LogP contribution >= 0.6 is 23.2 Å². The Bertz CT molecular complexity index is 850. The number of nitrogens with zero attached hydrogens (tertiary/aromatic N) is 4. The zero-order valence-corrected chi connectivity index (χ0v) is 12.9. The molecule has 0 aliphatic heterocycles. The molecule has 0 N–H and O–H groups in total. The van der Waals surface area contributed by atoms with E-state index in [-0.39, 0.29) is 0 Å². The van der Waals surface area contributed by atoms with E-state index in [2.05, 4.69) is 16.0 Å². The summed E-state index contributed by atoms with van der Waals surface area (Å²) in [7, 11) is 0. The van der Waals surface area contributed by atoms with Crippen LogP contribution in [0.15, 0.2) is 48.9 Å². The number of rotatable bonds is 3. The normalized spacial score (nSPS) is 10.4. The van der Waals surface area contributed by atoms with E-state index >= 15 is 0 Å². The van der Waals surface area contributed by atoms with Gasteiger partial charge in [0, 0.05) is 34.2 Å². The van der Waals surface area contributed by atoms with Crippen molar-refractivity contribution in [2.75, 3.05) is 0 Å². The second-order valence-electron chi connectivity index (χ2n) is 4.67. The summed E-state index contributed by atoms with van der Waals surface area (Å²) in [6.45, 7) is 0.471. The number of halogens is 2. The number of nitriles is 1. The van der Waals surface area contributed by atoms with Gasteiger partial charge in [0.15, 0.2) is 5.69 Å². The van der Waals surface area contributed by atoms with Gasteiger partial charge in [-0.1, -0.05) is 23.2 Å². The van der Waals surface area contributed by atoms with Gasteiger partial charge in [0.2, 0.25) is 0 Å². The van der Waals surface area contributed by atoms with Gasteiger partial charge < -0.3 is 4.57 Å². The Balaban J connectivity index is 2.05. The van der Waals surface area contributed by atoms with E-state index in [1.165, 1.54) is 0 Å². The monoisotopic (exact) mass is 328 g/mol. The molecule has 3 aromatic rings. The minimum atomic E-state index is 0.344. The first-order chi connectivity index (χ1) is 10.7. The first-order valence-corrected chi connectivity index (χ1v) is 7.24. The summed E-state index contributed by atoms with van der Waals surface area (Å²) in [6, 6.07) is 11.1. The third kappa shape index (κ3) is 2.96. The average Bonchev–Trinajstić information content (AvgIpc) is 2.95. The first kappa shape index (κ1) is 14.6. The summed E-state index contributed by atoms with van der Waals surface area (Å²) >= 11 is 12.2. The smallest absolute Gasteiger partial charge is 0.159 e. The molecule has 0 fully saturated rings. The van der Waals surface area contributed by atoms with Crippen molar-refractivity contribution in [1.82, 2.24) is 14.5 Å². The molecule has 0 unspecified atom stereocenters. The molecule has 0 radical (unpaired) electrons. The fourth-order valence-corrected chi connectivity index (χ4v) is 2.54. The highest BCUT2D eigenvalue weighted by Crippen LogP contribution is 2.24. The minimum Gasteiger partial charge on any atom is -0.325 e. The first-order valence-electron chi connectivity index (χ1n) is 6.49. The molecular weight excluding hydrogens is 319 g/mol. The van der Waals surface area contributed by atoms with Crippen LogP contribution in [0.1, 0.15) is 11.3 Å². The summed E-state index contributed by atoms with van der Waals surface area (Å²) in [4.78, 5) is 8.43. The molecule has 2 aromatic heterocycles. The van der Waals surface area contributed by atoms with Crippen molar-refractivity contribution >= 4 is 23.2 Å². The molecule has 0 aliphatic rings. The van der Waals surface area contributed by atoms with Gasteiger partial charge in [-0.15, -0.1) is 0 Å². The van der Waals surface area contributed by atoms with Gasteiger partial charge in [0.25, 0.3) is 0 Å². The summed E-state index contributed by atoms with van der Waals surface area (Å²) in [6.07, 6.45) is 5.09. The van der Waals surface area contributed by atoms with Crippen LogP contribution in [0.4, 0.5) is 0 Å². The Labute approximate surface area is 137 Å². The van der Waals surface area contributed by atoms with Crippen molar-refractivity contribution in [2.45, 2.75) is 6.54 Å². The van der Waals surface area contributed by atoms with Crippen LogP contribution in [0.3, 0.4) is 0 Å². The lowest BCUT2D eigenvalue weighted by molar-refractivity contribution is 0.806. The third-order valence-corrected chi connectivity index (χ3v) is 3.76. The number of benzene rings is 1. The van der Waals surface area contributed by atoms with Crippen molar-refractivity contribution in [3.05, 3.63) is 70.2 Å². The standard InChI is InChI=1S/C16H10Cl2N4/c17-13-3-4-15(18)12(6-13)9-22-10-14(7-19)21-16(22)11-2-1-5-20-8-11/h1-6,8,10H,9H2. The molecule has 1 aromatic carbocycles. The Kier molecular flexibility index (Phi) is 4.10. The van der Waals surface area contributed by atoms with E-state index in [1.807, 2.05) is 22.8 Å². The van der Waals surface area contributed by atoms with Gasteiger partial charge >= 0.3 is 0 Å². The number of pyridine rings is 1. The summed E-state index contributed by atoms with van der Waals surface area (Å²) in [5.74, 6) is 0.667. The Morgan fingerprint density at radius 3 is 2.82 bits per heavy atom. The van der Waals surface area contributed by atoms with Crippen LogP contribution in [-0.2, 0) is 6.54 Å². The second kappa shape index (κ2) is 6.18. The largest absolute Gasteiger partial charge is 0.325 e. The Hall–Kier alpha value is -2.35. The molecule has 108 valence electrons. The molecule has 6 heteroatoms. The highest BCUT2D eigenvalue weighted by Gasteiger charge is 2.12. The molecule has 0 atom stereocenters. The van der Waals surface area contributed by atoms with E-state index in [1.54, 1.807) is 30.7 Å². The number of imidazole rings is 1. The predicted molar refractivity (Wildman–Crippen MR) is 85.7 cm³/mol. The second-order valence-corrected chi connectivity index (χ2v) is 5.51. The van der Waals surface area contributed by atoms with Crippen molar-refractivity contribution < 1.29 is 0 Å². The van der Waals surface area contributed by atoms with E-state index in [4.69, 9.17) is 28.5 Å². The van der Waals surface area contributed by atoms with Crippen LogP contribution in [0, 0.1) is 11.3 Å². The van der Waals surface area contributed by atoms with Crippen LogP contribution in [0.25, 0.3) is 11.4 Å². The van der Waals surface area contributed by atoms with Gasteiger partial charge in [0.1, 0.15) is 11.9 Å². The van der Waals surface area contributed by atoms with Gasteiger partial charge in [-0.05, 0) is 35.9 Å². The van der Waals surface area contributed by atoms with Crippen molar-refractivity contribution in [3.63, 3.8) is 0 Å². The molecular formula is C16H10Cl2N4. The van der Waals surface area contributed by atoms with Gasteiger partial charge in [-0.25, -0.2) is 4.98 Å². The van der Waals surface area contributed by atoms with E-state index < -0.39 is 0 Å². The molecule has 3 rings (SSSR count). The summed E-state index contributed by atoms with van der Waals surface area (Å²) in [5.41, 5.74) is 2.04. The zero-order chi connectivity index (χ0) is 15.5. The molecule has 22 heavy (non-hydrogen) atoms. The molecule has 0 aliphatic carbocycles. The maximum absolute atomic E-state index is 9.10. The van der Waals surface area contributed by atoms with Crippen molar-refractivity contribution in [2.24, 2.45) is 0 Å². The van der Waals surface area contributed by atoms with Crippen LogP contribution in [-0.4, -0.2) is 14.5 Å². The minimum absolute atomic E-state index is 0.344. The van der Waals surface area contributed by atoms with Crippen LogP contribution in [0.5, 0.6) is 0 Å². The van der Waals surface area contributed by atoms with Crippen molar-refractivity contribution in [3.8, 4) is 17.5 Å². The van der Waals surface area contributed by atoms with Crippen LogP contribution < -0.4 is 0 Å². The quantitative estimate of drug-likeness (QED) is 0.724. The highest BCUT2D eigenvalue weighted by atomic mass is 35.5. The van der Waals surface area contributed by atoms with Crippen molar-refractivity contribution in [1.29, 1.82) is 5.26 Å². The lowest BCUT2D eigenvalue weighted by atomic mass is 10.2. The summed E-state index contributed by atoms with van der Waals surface area (Å²) in [5, 5.41) is 10.3. The van der Waals surface area contributed by atoms with Crippen LogP contribution in [0.2, 0.25) is 10.0 Å². The maximum atomic E-state index is 9.10. The fourth-order valence-electron chi connectivity index (χ4n) is 2.16. The molecule has 0 saturated heterocycles. The fraction of sp³-hybridized carbons (Fsp3) is 0.0625. The lowest BCUT2D eigenvalue weighted by Gasteiger charge is -2.09. The maximum Gasteiger partial charge on any atom is 0.159 e. The molecule has 0 saturated carbocycles. The predicted octanol–water partition coefficient (Wildman–Crippen LogP) is 4.17. The molecule has 2 heterocycles. The Morgan fingerprint density at radius 1 is 1.23 bits per heavy atom. The molecule has 0 amide bonds. The summed E-state index contributed by atoms with van der Waals surface area (Å²) < 4.78 is 1.87. The average molecular weight is 329 g/mol. The molecule has 0 bridgehead atoms. The zero-order valence-electron chi connectivity index (χ0n) is 11.4. The van der Waals surface area contributed by atoms with E-state index in [9.17, 15) is 0 Å². The Morgan fingerprint density at radius 2 is 2.09 bits per heavy atom. The number of hydrogen-bond donors (Lipinski definition) is 0. The number of hydrogen-bond acceptors (Lipinski definition) is 3. The molecule has 0 spiro atoms. The van der Waals surface area contributed by atoms with Gasteiger partial charge in [0.05, 0.1) is 6.54 Å². The SMILES string of the molecule is N#Cc1cn(Cc2cc(Cl)ccc2Cl)c(-c2cccnc2)n1. The lowest BCUT2D eigenvalue weighted by Crippen LogP contribution is -2.02. The topological polar surface area (TPSA) is 54.5 Å². The third-order valence-electron chi connectivity index (χ3n) is 3.16. The van der Waals surface area contributed by atoms with Gasteiger partial charge in [-0.3, -0.25) is 4.98 Å². The highest BCUT2D eigenvalue weighted by molar-refractivity contribution is 6.33.